The average Bonchev–Trinajstić information content (AvgIpc) is 2.97. The highest BCUT2D eigenvalue weighted by Crippen LogP contribution is 2.08. The molecule has 0 bridgehead atoms. The van der Waals surface area contributed by atoms with Gasteiger partial charge in [0.2, 0.25) is 5.88 Å². The zero-order valence-electron chi connectivity index (χ0n) is 12.6. The van der Waals surface area contributed by atoms with Gasteiger partial charge < -0.3 is 14.6 Å². The fourth-order valence-electron chi connectivity index (χ4n) is 2.06. The van der Waals surface area contributed by atoms with Crippen LogP contribution < -0.4 is 15.6 Å². The molecule has 23 heavy (non-hydrogen) atoms. The van der Waals surface area contributed by atoms with E-state index in [2.05, 4.69) is 20.6 Å². The number of hydrogen-bond acceptors (Lipinski definition) is 6. The Morgan fingerprint density at radius 3 is 2.91 bits per heavy atom. The molecule has 0 fully saturated rings. The van der Waals surface area contributed by atoms with Gasteiger partial charge in [-0.3, -0.25) is 9.59 Å². The third kappa shape index (κ3) is 2.76. The SMILES string of the molecule is COc1ccc2nnc(CNC(=O)c3cccn(C)c3=O)n2n1. The van der Waals surface area contributed by atoms with Crippen LogP contribution in [0.3, 0.4) is 0 Å². The maximum atomic E-state index is 12.1. The molecule has 0 unspecified atom stereocenters. The van der Waals surface area contributed by atoms with E-state index in [1.807, 2.05) is 0 Å². The van der Waals surface area contributed by atoms with Gasteiger partial charge in [-0.25, -0.2) is 0 Å². The number of amides is 1. The Morgan fingerprint density at radius 2 is 2.13 bits per heavy atom. The number of rotatable bonds is 4. The number of methoxy groups -OCH3 is 1. The summed E-state index contributed by atoms with van der Waals surface area (Å²) in [6.07, 6.45) is 1.58. The van der Waals surface area contributed by atoms with Gasteiger partial charge in [0, 0.05) is 19.3 Å². The van der Waals surface area contributed by atoms with Gasteiger partial charge in [-0.2, -0.15) is 4.52 Å². The second-order valence-electron chi connectivity index (χ2n) is 4.78. The van der Waals surface area contributed by atoms with Crippen molar-refractivity contribution in [3.8, 4) is 5.88 Å². The summed E-state index contributed by atoms with van der Waals surface area (Å²) >= 11 is 0. The van der Waals surface area contributed by atoms with Gasteiger partial charge in [0.25, 0.3) is 11.5 Å². The number of ether oxygens (including phenoxy) is 1. The van der Waals surface area contributed by atoms with Crippen LogP contribution in [-0.4, -0.2) is 37.4 Å². The van der Waals surface area contributed by atoms with E-state index in [1.54, 1.807) is 31.4 Å². The minimum absolute atomic E-state index is 0.0642. The van der Waals surface area contributed by atoms with Crippen LogP contribution in [0.15, 0.2) is 35.3 Å². The molecule has 0 aliphatic heterocycles. The molecule has 0 saturated carbocycles. The molecule has 3 aromatic heterocycles. The first-order valence-electron chi connectivity index (χ1n) is 6.79. The number of aromatic nitrogens is 5. The van der Waals surface area contributed by atoms with Crippen molar-refractivity contribution in [2.75, 3.05) is 7.11 Å². The lowest BCUT2D eigenvalue weighted by atomic mass is 10.2. The molecule has 0 radical (unpaired) electrons. The Hall–Kier alpha value is -3.23. The van der Waals surface area contributed by atoms with Gasteiger partial charge >= 0.3 is 0 Å². The van der Waals surface area contributed by atoms with Crippen LogP contribution in [-0.2, 0) is 13.6 Å². The van der Waals surface area contributed by atoms with E-state index < -0.39 is 5.91 Å². The maximum Gasteiger partial charge on any atom is 0.263 e. The van der Waals surface area contributed by atoms with Crippen molar-refractivity contribution < 1.29 is 9.53 Å². The molecule has 0 aliphatic rings. The first kappa shape index (κ1) is 14.7. The Morgan fingerprint density at radius 1 is 1.30 bits per heavy atom. The predicted molar refractivity (Wildman–Crippen MR) is 80.2 cm³/mol. The number of aryl methyl sites for hydroxylation is 1. The Bertz CT molecular complexity index is 930. The number of nitrogens with zero attached hydrogens (tertiary/aromatic N) is 5. The van der Waals surface area contributed by atoms with Crippen LogP contribution in [0, 0.1) is 0 Å². The van der Waals surface area contributed by atoms with Gasteiger partial charge in [-0.05, 0) is 18.2 Å². The van der Waals surface area contributed by atoms with Gasteiger partial charge in [0.05, 0.1) is 13.7 Å². The Kier molecular flexibility index (Phi) is 3.75. The van der Waals surface area contributed by atoms with Crippen molar-refractivity contribution in [3.63, 3.8) is 0 Å². The van der Waals surface area contributed by atoms with Crippen molar-refractivity contribution in [3.05, 3.63) is 52.2 Å². The summed E-state index contributed by atoms with van der Waals surface area (Å²) in [5.41, 5.74) is 0.232. The van der Waals surface area contributed by atoms with E-state index >= 15 is 0 Å². The van der Waals surface area contributed by atoms with Crippen molar-refractivity contribution in [1.29, 1.82) is 0 Å². The van der Waals surface area contributed by atoms with Gasteiger partial charge in [0.1, 0.15) is 5.56 Å². The number of pyridine rings is 1. The van der Waals surface area contributed by atoms with Crippen molar-refractivity contribution >= 4 is 11.6 Å². The quantitative estimate of drug-likeness (QED) is 0.713. The van der Waals surface area contributed by atoms with Gasteiger partial charge in [0.15, 0.2) is 11.5 Å². The summed E-state index contributed by atoms with van der Waals surface area (Å²) in [4.78, 5) is 24.1. The molecule has 0 atom stereocenters. The number of carbonyl (C=O) groups excluding carboxylic acids is 1. The number of carbonyl (C=O) groups is 1. The fourth-order valence-corrected chi connectivity index (χ4v) is 2.06. The smallest absolute Gasteiger partial charge is 0.263 e. The van der Waals surface area contributed by atoms with E-state index in [1.165, 1.54) is 22.3 Å². The summed E-state index contributed by atoms with van der Waals surface area (Å²) in [5.74, 6) is 0.354. The summed E-state index contributed by atoms with van der Waals surface area (Å²) in [6, 6.07) is 6.48. The number of fused-ring (bicyclic) bond motifs is 1. The van der Waals surface area contributed by atoms with Crippen LogP contribution in [0.2, 0.25) is 0 Å². The van der Waals surface area contributed by atoms with Gasteiger partial charge in [-0.1, -0.05) is 0 Å². The molecule has 118 valence electrons. The molecule has 9 heteroatoms. The Labute approximate surface area is 130 Å². The number of nitrogens with one attached hydrogen (secondary N) is 1. The lowest BCUT2D eigenvalue weighted by molar-refractivity contribution is 0.0947. The molecule has 0 aromatic carbocycles. The molecule has 1 N–H and O–H groups in total. The topological polar surface area (TPSA) is 103 Å². The first-order valence-corrected chi connectivity index (χ1v) is 6.79. The molecular weight excluding hydrogens is 300 g/mol. The molecule has 3 heterocycles. The van der Waals surface area contributed by atoms with Crippen molar-refractivity contribution in [2.45, 2.75) is 6.54 Å². The molecule has 1 amide bonds. The second kappa shape index (κ2) is 5.87. The van der Waals surface area contributed by atoms with E-state index in [0.29, 0.717) is 17.4 Å². The lowest BCUT2D eigenvalue weighted by Crippen LogP contribution is -2.32. The fraction of sp³-hybridized carbons (Fsp3) is 0.214. The zero-order chi connectivity index (χ0) is 16.4. The van der Waals surface area contributed by atoms with Crippen LogP contribution in [0.1, 0.15) is 16.2 Å². The van der Waals surface area contributed by atoms with Gasteiger partial charge in [-0.15, -0.1) is 15.3 Å². The standard InChI is InChI=1S/C14H14N6O3/c1-19-7-3-4-9(14(19)22)13(21)15-8-11-17-16-10-5-6-12(23-2)18-20(10)11/h3-7H,8H2,1-2H3,(H,15,21). The molecule has 0 spiro atoms. The lowest BCUT2D eigenvalue weighted by Gasteiger charge is -2.05. The van der Waals surface area contributed by atoms with E-state index in [4.69, 9.17) is 4.74 Å². The number of hydrogen-bond donors (Lipinski definition) is 1. The molecule has 3 aromatic rings. The van der Waals surface area contributed by atoms with Crippen LogP contribution in [0.5, 0.6) is 5.88 Å². The van der Waals surface area contributed by atoms with E-state index in [0.717, 1.165) is 0 Å². The third-order valence-electron chi connectivity index (χ3n) is 3.29. The van der Waals surface area contributed by atoms with E-state index in [-0.39, 0.29) is 17.7 Å². The van der Waals surface area contributed by atoms with Crippen LogP contribution in [0.25, 0.3) is 5.65 Å². The summed E-state index contributed by atoms with van der Waals surface area (Å²) in [5, 5.41) is 14.8. The molecule has 0 aliphatic carbocycles. The summed E-state index contributed by atoms with van der Waals surface area (Å²) in [6.45, 7) is 0.0816. The highest BCUT2D eigenvalue weighted by atomic mass is 16.5. The second-order valence-corrected chi connectivity index (χ2v) is 4.78. The minimum atomic E-state index is -0.481. The maximum absolute atomic E-state index is 12.1. The van der Waals surface area contributed by atoms with Crippen LogP contribution in [0.4, 0.5) is 0 Å². The predicted octanol–water partition coefficient (Wildman–Crippen LogP) is -0.238. The normalized spacial score (nSPS) is 10.7. The molecule has 9 nitrogen and oxygen atoms in total. The van der Waals surface area contributed by atoms with Crippen molar-refractivity contribution in [1.82, 2.24) is 29.7 Å². The highest BCUT2D eigenvalue weighted by molar-refractivity contribution is 5.93. The van der Waals surface area contributed by atoms with Crippen LogP contribution >= 0.6 is 0 Å². The Balaban J connectivity index is 1.82. The average molecular weight is 314 g/mol. The summed E-state index contributed by atoms with van der Waals surface area (Å²) < 4.78 is 7.87. The van der Waals surface area contributed by atoms with Crippen molar-refractivity contribution in [2.24, 2.45) is 7.05 Å². The highest BCUT2D eigenvalue weighted by Gasteiger charge is 2.13. The first-order chi connectivity index (χ1) is 11.1. The monoisotopic (exact) mass is 314 g/mol. The third-order valence-corrected chi connectivity index (χ3v) is 3.29. The zero-order valence-corrected chi connectivity index (χ0v) is 12.6. The van der Waals surface area contributed by atoms with E-state index in [9.17, 15) is 9.59 Å². The largest absolute Gasteiger partial charge is 0.480 e. The summed E-state index contributed by atoms with van der Waals surface area (Å²) in [7, 11) is 3.09. The minimum Gasteiger partial charge on any atom is -0.480 e. The molecule has 3 rings (SSSR count). The molecule has 0 saturated heterocycles. The molecular formula is C14H14N6O3.